The Morgan fingerprint density at radius 3 is 2.12 bits per heavy atom. The van der Waals surface area contributed by atoms with Crippen LogP contribution in [0.4, 0.5) is 0 Å². The van der Waals surface area contributed by atoms with Gasteiger partial charge in [0.25, 0.3) is 0 Å². The maximum atomic E-state index is 11.6. The van der Waals surface area contributed by atoms with Crippen molar-refractivity contribution in [2.45, 2.75) is 53.1 Å². The number of amides is 1. The number of primary amides is 1. The van der Waals surface area contributed by atoms with Gasteiger partial charge in [0, 0.05) is 12.6 Å². The minimum absolute atomic E-state index is 0.180. The van der Waals surface area contributed by atoms with Crippen molar-refractivity contribution in [3.05, 3.63) is 0 Å². The van der Waals surface area contributed by atoms with Crippen LogP contribution in [-0.2, 0) is 4.79 Å². The van der Waals surface area contributed by atoms with Crippen molar-refractivity contribution in [1.29, 1.82) is 0 Å². The summed E-state index contributed by atoms with van der Waals surface area (Å²) in [6.07, 6.45) is 0. The molecule has 4 nitrogen and oxygen atoms in total. The minimum Gasteiger partial charge on any atom is -0.368 e. The van der Waals surface area contributed by atoms with Crippen LogP contribution in [0.15, 0.2) is 0 Å². The zero-order valence-electron chi connectivity index (χ0n) is 12.4. The van der Waals surface area contributed by atoms with Gasteiger partial charge in [-0.3, -0.25) is 4.79 Å². The van der Waals surface area contributed by atoms with Gasteiger partial charge in [0.2, 0.25) is 5.91 Å². The first-order chi connectivity index (χ1) is 7.54. The van der Waals surface area contributed by atoms with Crippen LogP contribution in [0.3, 0.4) is 0 Å². The van der Waals surface area contributed by atoms with E-state index in [-0.39, 0.29) is 11.3 Å². The fraction of sp³-hybridized carbons (Fsp3) is 0.923. The van der Waals surface area contributed by atoms with E-state index < -0.39 is 5.54 Å². The Kier molecular flexibility index (Phi) is 5.62. The number of carbonyl (C=O) groups excluding carboxylic acids is 1. The summed E-state index contributed by atoms with van der Waals surface area (Å²) in [6.45, 7) is 14.0. The summed E-state index contributed by atoms with van der Waals surface area (Å²) in [4.78, 5) is 13.7. The predicted octanol–water partition coefficient (Wildman–Crippen LogP) is 1.21. The zero-order chi connectivity index (χ0) is 13.9. The highest BCUT2D eigenvalue weighted by Crippen LogP contribution is 2.24. The summed E-state index contributed by atoms with van der Waals surface area (Å²) < 4.78 is 0. The summed E-state index contributed by atoms with van der Waals surface area (Å²) in [6, 6.07) is 0.375. The van der Waals surface area contributed by atoms with Crippen molar-refractivity contribution in [2.75, 3.05) is 20.1 Å². The molecule has 0 saturated carbocycles. The largest absolute Gasteiger partial charge is 0.368 e. The highest BCUT2D eigenvalue weighted by Gasteiger charge is 2.34. The van der Waals surface area contributed by atoms with Crippen LogP contribution in [0.25, 0.3) is 0 Å². The van der Waals surface area contributed by atoms with Crippen molar-refractivity contribution in [2.24, 2.45) is 11.1 Å². The number of nitrogens with two attached hydrogens (primary N) is 1. The van der Waals surface area contributed by atoms with Crippen LogP contribution in [-0.4, -0.2) is 42.5 Å². The molecule has 0 aliphatic rings. The summed E-state index contributed by atoms with van der Waals surface area (Å²) in [5.41, 5.74) is 5.00. The Morgan fingerprint density at radius 2 is 1.82 bits per heavy atom. The first-order valence-corrected chi connectivity index (χ1v) is 6.29. The van der Waals surface area contributed by atoms with E-state index in [1.54, 1.807) is 0 Å². The van der Waals surface area contributed by atoms with Crippen molar-refractivity contribution in [1.82, 2.24) is 10.2 Å². The lowest BCUT2D eigenvalue weighted by atomic mass is 9.86. The molecule has 0 heterocycles. The number of carbonyl (C=O) groups is 1. The number of nitrogens with one attached hydrogen (secondary N) is 1. The van der Waals surface area contributed by atoms with Gasteiger partial charge in [-0.1, -0.05) is 27.7 Å². The molecular weight excluding hydrogens is 214 g/mol. The van der Waals surface area contributed by atoms with Crippen LogP contribution < -0.4 is 11.1 Å². The van der Waals surface area contributed by atoms with Crippen molar-refractivity contribution >= 4 is 5.91 Å². The second-order valence-electron chi connectivity index (χ2n) is 6.18. The molecule has 0 aliphatic heterocycles. The van der Waals surface area contributed by atoms with E-state index in [0.29, 0.717) is 12.6 Å². The maximum absolute atomic E-state index is 11.6. The highest BCUT2D eigenvalue weighted by atomic mass is 16.1. The third kappa shape index (κ3) is 4.64. The molecule has 4 heteroatoms. The van der Waals surface area contributed by atoms with Gasteiger partial charge in [-0.2, -0.15) is 0 Å². The molecule has 0 bridgehead atoms. The van der Waals surface area contributed by atoms with Gasteiger partial charge in [0.15, 0.2) is 0 Å². The Balaban J connectivity index is 4.73. The van der Waals surface area contributed by atoms with Gasteiger partial charge in [-0.05, 0) is 32.9 Å². The van der Waals surface area contributed by atoms with Gasteiger partial charge in [-0.25, -0.2) is 0 Å². The Hall–Kier alpha value is -0.610. The molecule has 0 aromatic carbocycles. The van der Waals surface area contributed by atoms with Crippen LogP contribution in [0, 0.1) is 5.41 Å². The molecule has 0 aliphatic carbocycles. The average Bonchev–Trinajstić information content (AvgIpc) is 2.15. The SMILES string of the molecule is CCNC(C)(CN(C)C(C)C(C)(C)C)C(N)=O. The number of likely N-dealkylation sites (N-methyl/N-ethyl adjacent to an activating group) is 2. The number of hydrogen-bond donors (Lipinski definition) is 2. The van der Waals surface area contributed by atoms with E-state index in [9.17, 15) is 4.79 Å². The summed E-state index contributed by atoms with van der Waals surface area (Å²) >= 11 is 0. The van der Waals surface area contributed by atoms with Gasteiger partial charge >= 0.3 is 0 Å². The quantitative estimate of drug-likeness (QED) is 0.737. The second kappa shape index (κ2) is 5.83. The molecule has 3 N–H and O–H groups in total. The van der Waals surface area contributed by atoms with Gasteiger partial charge in [0.1, 0.15) is 5.54 Å². The second-order valence-corrected chi connectivity index (χ2v) is 6.18. The summed E-state index contributed by atoms with van der Waals surface area (Å²) in [5.74, 6) is -0.299. The van der Waals surface area contributed by atoms with E-state index in [0.717, 1.165) is 6.54 Å². The molecule has 1 amide bonds. The zero-order valence-corrected chi connectivity index (χ0v) is 12.4. The van der Waals surface area contributed by atoms with Crippen LogP contribution in [0.5, 0.6) is 0 Å². The average molecular weight is 243 g/mol. The first-order valence-electron chi connectivity index (χ1n) is 6.29. The van der Waals surface area contributed by atoms with E-state index >= 15 is 0 Å². The van der Waals surface area contributed by atoms with E-state index in [1.807, 2.05) is 20.9 Å². The van der Waals surface area contributed by atoms with E-state index in [2.05, 4.69) is 37.9 Å². The molecule has 0 rings (SSSR count). The van der Waals surface area contributed by atoms with Gasteiger partial charge in [-0.15, -0.1) is 0 Å². The fourth-order valence-electron chi connectivity index (χ4n) is 1.91. The molecule has 17 heavy (non-hydrogen) atoms. The summed E-state index contributed by atoms with van der Waals surface area (Å²) in [5, 5.41) is 3.18. The molecule has 0 spiro atoms. The van der Waals surface area contributed by atoms with E-state index in [1.165, 1.54) is 0 Å². The lowest BCUT2D eigenvalue weighted by molar-refractivity contribution is -0.124. The first kappa shape index (κ1) is 16.4. The Labute approximate surface area is 106 Å². The highest BCUT2D eigenvalue weighted by molar-refractivity contribution is 5.84. The lowest BCUT2D eigenvalue weighted by Crippen LogP contribution is -2.60. The number of rotatable bonds is 6. The van der Waals surface area contributed by atoms with Gasteiger partial charge < -0.3 is 16.0 Å². The molecule has 2 atom stereocenters. The molecule has 102 valence electrons. The Bertz CT molecular complexity index is 260. The maximum Gasteiger partial charge on any atom is 0.238 e. The predicted molar refractivity (Wildman–Crippen MR) is 72.8 cm³/mol. The third-order valence-corrected chi connectivity index (χ3v) is 3.59. The van der Waals surface area contributed by atoms with Crippen molar-refractivity contribution in [3.8, 4) is 0 Å². The molecule has 0 aromatic heterocycles. The number of hydrogen-bond acceptors (Lipinski definition) is 3. The topological polar surface area (TPSA) is 58.4 Å². The molecule has 0 saturated heterocycles. The molecular formula is C13H29N3O. The molecule has 0 aromatic rings. The lowest BCUT2D eigenvalue weighted by Gasteiger charge is -2.40. The standard InChI is InChI=1S/C13H29N3O/c1-8-15-13(6,11(14)17)9-16(7)10(2)12(3,4)5/h10,15H,8-9H2,1-7H3,(H2,14,17). The van der Waals surface area contributed by atoms with Crippen LogP contribution >= 0.6 is 0 Å². The normalized spacial score (nSPS) is 17.9. The van der Waals surface area contributed by atoms with E-state index in [4.69, 9.17) is 5.73 Å². The van der Waals surface area contributed by atoms with Gasteiger partial charge in [0.05, 0.1) is 0 Å². The monoisotopic (exact) mass is 243 g/mol. The third-order valence-electron chi connectivity index (χ3n) is 3.59. The van der Waals surface area contributed by atoms with Crippen LogP contribution in [0.2, 0.25) is 0 Å². The van der Waals surface area contributed by atoms with Crippen molar-refractivity contribution in [3.63, 3.8) is 0 Å². The fourth-order valence-corrected chi connectivity index (χ4v) is 1.91. The minimum atomic E-state index is -0.664. The summed E-state index contributed by atoms with van der Waals surface area (Å²) in [7, 11) is 2.04. The number of nitrogens with zero attached hydrogens (tertiary/aromatic N) is 1. The molecule has 0 fully saturated rings. The van der Waals surface area contributed by atoms with Crippen molar-refractivity contribution < 1.29 is 4.79 Å². The smallest absolute Gasteiger partial charge is 0.238 e. The molecule has 2 unspecified atom stereocenters. The molecule has 0 radical (unpaired) electrons. The van der Waals surface area contributed by atoms with Crippen LogP contribution in [0.1, 0.15) is 41.5 Å². The Morgan fingerprint density at radius 1 is 1.35 bits per heavy atom.